The average molecular weight is 200 g/mol. The van der Waals surface area contributed by atoms with Crippen LogP contribution in [0, 0.1) is 0 Å². The molecule has 1 N–H and O–H groups in total. The lowest BCUT2D eigenvalue weighted by Gasteiger charge is -1.92. The van der Waals surface area contributed by atoms with Gasteiger partial charge >= 0.3 is 0 Å². The predicted octanol–water partition coefficient (Wildman–Crippen LogP) is 1.84. The second-order valence-corrected chi connectivity index (χ2v) is 3.91. The molecule has 1 amide bonds. The lowest BCUT2D eigenvalue weighted by Crippen LogP contribution is -2.04. The molecular weight excluding hydrogens is 192 g/mol. The Morgan fingerprint density at radius 1 is 1.67 bits per heavy atom. The van der Waals surface area contributed by atoms with Crippen LogP contribution in [-0.4, -0.2) is 15.8 Å². The van der Waals surface area contributed by atoms with E-state index in [1.807, 2.05) is 6.92 Å². The Bertz CT molecular complexity index is 319. The summed E-state index contributed by atoms with van der Waals surface area (Å²) in [4.78, 5) is 16.3. The fourth-order valence-corrected chi connectivity index (χ4v) is 1.58. The van der Waals surface area contributed by atoms with Gasteiger partial charge in [0.2, 0.25) is 5.91 Å². The summed E-state index contributed by atoms with van der Waals surface area (Å²) in [5.41, 5.74) is 0. The summed E-state index contributed by atoms with van der Waals surface area (Å²) < 4.78 is 0. The number of carbonyl (C=O) groups excluding carboxylic acids is 1. The minimum atomic E-state index is -0.113. The van der Waals surface area contributed by atoms with Crippen LogP contribution in [-0.2, 0) is 4.79 Å². The molecule has 3 nitrogen and oxygen atoms in total. The molecule has 1 heterocycles. The van der Waals surface area contributed by atoms with Crippen LogP contribution in [0.25, 0.3) is 0 Å². The van der Waals surface area contributed by atoms with Crippen molar-refractivity contribution in [3.63, 3.8) is 0 Å². The number of thiocarbonyl (C=S) groups is 1. The Morgan fingerprint density at radius 2 is 2.33 bits per heavy atom. The van der Waals surface area contributed by atoms with E-state index < -0.39 is 0 Å². The SMILES string of the molecule is CC(=O)Nc1ncc(C(C)=S)s1. The zero-order valence-electron chi connectivity index (χ0n) is 6.75. The smallest absolute Gasteiger partial charge is 0.223 e. The molecule has 0 aliphatic heterocycles. The van der Waals surface area contributed by atoms with Gasteiger partial charge in [0.25, 0.3) is 0 Å². The fourth-order valence-electron chi connectivity index (χ4n) is 0.645. The number of anilines is 1. The van der Waals surface area contributed by atoms with Crippen molar-refractivity contribution in [2.75, 3.05) is 5.32 Å². The van der Waals surface area contributed by atoms with Crippen LogP contribution in [0.2, 0.25) is 0 Å². The van der Waals surface area contributed by atoms with Crippen LogP contribution < -0.4 is 5.32 Å². The van der Waals surface area contributed by atoms with Crippen molar-refractivity contribution in [3.8, 4) is 0 Å². The monoisotopic (exact) mass is 200 g/mol. The van der Waals surface area contributed by atoms with Gasteiger partial charge in [0.05, 0.1) is 4.88 Å². The van der Waals surface area contributed by atoms with E-state index in [9.17, 15) is 4.79 Å². The van der Waals surface area contributed by atoms with E-state index >= 15 is 0 Å². The van der Waals surface area contributed by atoms with Gasteiger partial charge in [0, 0.05) is 18.0 Å². The van der Waals surface area contributed by atoms with Gasteiger partial charge in [0.15, 0.2) is 5.13 Å². The van der Waals surface area contributed by atoms with Gasteiger partial charge in [0.1, 0.15) is 0 Å². The highest BCUT2D eigenvalue weighted by atomic mass is 32.1. The number of nitrogens with one attached hydrogen (secondary N) is 1. The molecule has 0 unspecified atom stereocenters. The van der Waals surface area contributed by atoms with E-state index in [2.05, 4.69) is 10.3 Å². The Kier molecular flexibility index (Phi) is 2.88. The summed E-state index contributed by atoms with van der Waals surface area (Å²) >= 11 is 6.33. The standard InChI is InChI=1S/C7H8N2OS2/c1-4(11)6-3-8-7(12-6)9-5(2)10/h3H,1-2H3,(H,8,9,10). The number of rotatable bonds is 2. The van der Waals surface area contributed by atoms with Crippen molar-refractivity contribution in [3.05, 3.63) is 11.1 Å². The molecule has 0 atom stereocenters. The first-order valence-electron chi connectivity index (χ1n) is 3.34. The van der Waals surface area contributed by atoms with Crippen molar-refractivity contribution in [2.45, 2.75) is 13.8 Å². The lowest BCUT2D eigenvalue weighted by atomic mass is 10.4. The van der Waals surface area contributed by atoms with Crippen LogP contribution >= 0.6 is 23.6 Å². The Labute approximate surface area is 79.8 Å². The molecule has 1 rings (SSSR count). The highest BCUT2D eigenvalue weighted by molar-refractivity contribution is 7.81. The molecule has 5 heteroatoms. The maximum atomic E-state index is 10.6. The molecule has 0 radical (unpaired) electrons. The molecule has 0 saturated heterocycles. The second kappa shape index (κ2) is 3.73. The summed E-state index contributed by atoms with van der Waals surface area (Å²) in [7, 11) is 0. The first kappa shape index (κ1) is 9.28. The number of hydrogen-bond donors (Lipinski definition) is 1. The molecule has 0 aliphatic rings. The minimum Gasteiger partial charge on any atom is -0.302 e. The minimum absolute atomic E-state index is 0.113. The Balaban J connectivity index is 2.77. The highest BCUT2D eigenvalue weighted by Crippen LogP contribution is 2.18. The molecule has 0 aliphatic carbocycles. The van der Waals surface area contributed by atoms with Crippen LogP contribution in [0.15, 0.2) is 6.20 Å². The van der Waals surface area contributed by atoms with Gasteiger partial charge in [-0.1, -0.05) is 23.6 Å². The van der Waals surface area contributed by atoms with Crippen LogP contribution in [0.3, 0.4) is 0 Å². The maximum absolute atomic E-state index is 10.6. The second-order valence-electron chi connectivity index (χ2n) is 2.27. The largest absolute Gasteiger partial charge is 0.302 e. The quantitative estimate of drug-likeness (QED) is 0.585. The van der Waals surface area contributed by atoms with Crippen LogP contribution in [0.4, 0.5) is 5.13 Å². The molecule has 64 valence electrons. The maximum Gasteiger partial charge on any atom is 0.223 e. The number of hydrogen-bond acceptors (Lipinski definition) is 4. The van der Waals surface area contributed by atoms with Crippen LogP contribution in [0.1, 0.15) is 18.7 Å². The van der Waals surface area contributed by atoms with Gasteiger partial charge < -0.3 is 5.32 Å². The third-order valence-corrected chi connectivity index (χ3v) is 2.52. The van der Waals surface area contributed by atoms with E-state index in [-0.39, 0.29) is 5.91 Å². The van der Waals surface area contributed by atoms with Gasteiger partial charge in [-0.25, -0.2) is 4.98 Å². The molecule has 12 heavy (non-hydrogen) atoms. The third kappa shape index (κ3) is 2.35. The predicted molar refractivity (Wildman–Crippen MR) is 53.8 cm³/mol. The summed E-state index contributed by atoms with van der Waals surface area (Å²) in [6, 6.07) is 0. The molecule has 0 aromatic carbocycles. The number of thiazole rings is 1. The van der Waals surface area contributed by atoms with Crippen molar-refractivity contribution < 1.29 is 4.79 Å². The Hall–Kier alpha value is -0.810. The van der Waals surface area contributed by atoms with Crippen molar-refractivity contribution >= 4 is 39.5 Å². The highest BCUT2D eigenvalue weighted by Gasteiger charge is 2.03. The molecular formula is C7H8N2OS2. The van der Waals surface area contributed by atoms with Gasteiger partial charge in [-0.05, 0) is 6.92 Å². The van der Waals surface area contributed by atoms with E-state index in [0.29, 0.717) is 5.13 Å². The molecule has 0 spiro atoms. The zero-order chi connectivity index (χ0) is 9.14. The van der Waals surface area contributed by atoms with Gasteiger partial charge in [-0.2, -0.15) is 0 Å². The van der Waals surface area contributed by atoms with Crippen molar-refractivity contribution in [2.24, 2.45) is 0 Å². The number of nitrogens with zero attached hydrogens (tertiary/aromatic N) is 1. The van der Waals surface area contributed by atoms with Crippen LogP contribution in [0.5, 0.6) is 0 Å². The molecule has 0 saturated carbocycles. The number of amides is 1. The number of carbonyl (C=O) groups is 1. The van der Waals surface area contributed by atoms with E-state index in [0.717, 1.165) is 9.74 Å². The molecule has 0 fully saturated rings. The lowest BCUT2D eigenvalue weighted by molar-refractivity contribution is -0.114. The molecule has 0 bridgehead atoms. The fraction of sp³-hybridized carbons (Fsp3) is 0.286. The molecule has 1 aromatic heterocycles. The third-order valence-electron chi connectivity index (χ3n) is 1.14. The van der Waals surface area contributed by atoms with E-state index in [4.69, 9.17) is 12.2 Å². The summed E-state index contributed by atoms with van der Waals surface area (Å²) in [6.45, 7) is 3.28. The van der Waals surface area contributed by atoms with Gasteiger partial charge in [-0.3, -0.25) is 4.79 Å². The van der Waals surface area contributed by atoms with E-state index in [1.54, 1.807) is 6.20 Å². The van der Waals surface area contributed by atoms with Gasteiger partial charge in [-0.15, -0.1) is 0 Å². The average Bonchev–Trinajstić information content (AvgIpc) is 2.34. The summed E-state index contributed by atoms with van der Waals surface area (Å²) in [6.07, 6.45) is 1.66. The normalized spacial score (nSPS) is 9.50. The van der Waals surface area contributed by atoms with Crippen molar-refractivity contribution in [1.82, 2.24) is 4.98 Å². The topological polar surface area (TPSA) is 42.0 Å². The first-order valence-corrected chi connectivity index (χ1v) is 4.56. The Morgan fingerprint density at radius 3 is 2.75 bits per heavy atom. The summed E-state index contributed by atoms with van der Waals surface area (Å²) in [5.74, 6) is -0.113. The van der Waals surface area contributed by atoms with Crippen molar-refractivity contribution in [1.29, 1.82) is 0 Å². The van der Waals surface area contributed by atoms with E-state index in [1.165, 1.54) is 18.3 Å². The number of aromatic nitrogens is 1. The first-order chi connectivity index (χ1) is 5.59. The summed E-state index contributed by atoms with van der Waals surface area (Å²) in [5, 5.41) is 3.19. The molecule has 1 aromatic rings. The zero-order valence-corrected chi connectivity index (χ0v) is 8.38.